The minimum absolute atomic E-state index is 0.135. The monoisotopic (exact) mass is 258 g/mol. The molecule has 96 valence electrons. The van der Waals surface area contributed by atoms with Crippen molar-refractivity contribution in [3.8, 4) is 0 Å². The third kappa shape index (κ3) is 2.65. The van der Waals surface area contributed by atoms with Gasteiger partial charge in [-0.05, 0) is 32.8 Å². The van der Waals surface area contributed by atoms with E-state index in [0.717, 1.165) is 12.8 Å². The molecule has 0 bridgehead atoms. The van der Waals surface area contributed by atoms with Crippen molar-refractivity contribution in [1.82, 2.24) is 0 Å². The zero-order valence-electron chi connectivity index (χ0n) is 10.3. The molecule has 2 atom stereocenters. The first kappa shape index (κ1) is 12.9. The van der Waals surface area contributed by atoms with Gasteiger partial charge in [-0.1, -0.05) is 6.08 Å². The highest BCUT2D eigenvalue weighted by Crippen LogP contribution is 2.59. The normalized spacial score (nSPS) is 27.5. The summed E-state index contributed by atoms with van der Waals surface area (Å²) in [5.74, 6) is 0.379. The third-order valence-corrected chi connectivity index (χ3v) is 5.20. The smallest absolute Gasteiger partial charge is 0.360 e. The van der Waals surface area contributed by atoms with Crippen LogP contribution in [0.25, 0.3) is 0 Å². The number of fused-ring (bicyclic) bond motifs is 1. The standard InChI is InChI=1S/C12H19O4P/c1-3-15-17(13,16-4-2)11-8-10-6-5-7-12(10)14-9-11/h5,7,9-10,12H,3-4,6,8H2,1-2H3. The van der Waals surface area contributed by atoms with Gasteiger partial charge in [0.2, 0.25) is 0 Å². The van der Waals surface area contributed by atoms with E-state index in [0.29, 0.717) is 24.4 Å². The quantitative estimate of drug-likeness (QED) is 0.559. The van der Waals surface area contributed by atoms with Crippen LogP contribution in [0.2, 0.25) is 0 Å². The molecule has 1 aliphatic heterocycles. The van der Waals surface area contributed by atoms with Gasteiger partial charge in [0.05, 0.1) is 24.8 Å². The van der Waals surface area contributed by atoms with E-state index in [2.05, 4.69) is 12.2 Å². The van der Waals surface area contributed by atoms with Crippen LogP contribution in [0, 0.1) is 5.92 Å². The first-order valence-electron chi connectivity index (χ1n) is 6.10. The third-order valence-electron chi connectivity index (χ3n) is 3.01. The Morgan fingerprint density at radius 1 is 1.41 bits per heavy atom. The van der Waals surface area contributed by atoms with Gasteiger partial charge in [-0.2, -0.15) is 0 Å². The van der Waals surface area contributed by atoms with Crippen molar-refractivity contribution < 1.29 is 18.3 Å². The minimum atomic E-state index is -3.14. The highest BCUT2D eigenvalue weighted by Gasteiger charge is 2.37. The Morgan fingerprint density at radius 2 is 2.12 bits per heavy atom. The number of ether oxygens (including phenoxy) is 1. The van der Waals surface area contributed by atoms with Gasteiger partial charge in [0.25, 0.3) is 0 Å². The van der Waals surface area contributed by atoms with E-state index in [-0.39, 0.29) is 6.10 Å². The fraction of sp³-hybridized carbons (Fsp3) is 0.667. The summed E-state index contributed by atoms with van der Waals surface area (Å²) in [5, 5.41) is 0.672. The molecule has 0 spiro atoms. The van der Waals surface area contributed by atoms with Crippen LogP contribution in [-0.4, -0.2) is 19.3 Å². The van der Waals surface area contributed by atoms with Crippen molar-refractivity contribution in [3.05, 3.63) is 23.7 Å². The average Bonchev–Trinajstić information content (AvgIpc) is 2.76. The summed E-state index contributed by atoms with van der Waals surface area (Å²) < 4.78 is 28.8. The molecular formula is C12H19O4P. The first-order valence-corrected chi connectivity index (χ1v) is 7.64. The van der Waals surface area contributed by atoms with Gasteiger partial charge in [-0.3, -0.25) is 4.57 Å². The van der Waals surface area contributed by atoms with E-state index in [9.17, 15) is 4.57 Å². The molecule has 0 N–H and O–H groups in total. The van der Waals surface area contributed by atoms with Gasteiger partial charge in [-0.15, -0.1) is 0 Å². The van der Waals surface area contributed by atoms with Crippen LogP contribution in [0.3, 0.4) is 0 Å². The Morgan fingerprint density at radius 3 is 2.76 bits per heavy atom. The van der Waals surface area contributed by atoms with Crippen LogP contribution in [0.15, 0.2) is 23.7 Å². The summed E-state index contributed by atoms with van der Waals surface area (Å²) in [6.07, 6.45) is 7.58. The zero-order chi connectivity index (χ0) is 12.3. The van der Waals surface area contributed by atoms with Crippen LogP contribution in [0.4, 0.5) is 0 Å². The molecule has 0 radical (unpaired) electrons. The van der Waals surface area contributed by atoms with Gasteiger partial charge in [0.15, 0.2) is 0 Å². The van der Waals surface area contributed by atoms with Gasteiger partial charge >= 0.3 is 7.60 Å². The molecule has 1 heterocycles. The largest absolute Gasteiger partial charge is 0.493 e. The van der Waals surface area contributed by atoms with Crippen molar-refractivity contribution in [2.75, 3.05) is 13.2 Å². The average molecular weight is 258 g/mol. The molecule has 0 aromatic heterocycles. The van der Waals surface area contributed by atoms with Crippen molar-refractivity contribution in [1.29, 1.82) is 0 Å². The van der Waals surface area contributed by atoms with Crippen LogP contribution in [0.1, 0.15) is 26.7 Å². The Kier molecular flexibility index (Phi) is 4.08. The van der Waals surface area contributed by atoms with E-state index >= 15 is 0 Å². The molecule has 0 aromatic carbocycles. The van der Waals surface area contributed by atoms with E-state index in [1.54, 1.807) is 6.26 Å². The number of allylic oxidation sites excluding steroid dienone is 2. The molecule has 0 fully saturated rings. The first-order chi connectivity index (χ1) is 8.19. The summed E-state index contributed by atoms with van der Waals surface area (Å²) in [6, 6.07) is 0. The molecule has 0 saturated carbocycles. The lowest BCUT2D eigenvalue weighted by Gasteiger charge is -2.29. The number of rotatable bonds is 5. The molecule has 5 heteroatoms. The Bertz CT molecular complexity index is 365. The predicted molar refractivity (Wildman–Crippen MR) is 65.7 cm³/mol. The van der Waals surface area contributed by atoms with Gasteiger partial charge in [0.1, 0.15) is 6.10 Å². The van der Waals surface area contributed by atoms with Crippen molar-refractivity contribution in [3.63, 3.8) is 0 Å². The summed E-state index contributed by atoms with van der Waals surface area (Å²) in [7, 11) is -3.14. The summed E-state index contributed by atoms with van der Waals surface area (Å²) >= 11 is 0. The molecular weight excluding hydrogens is 239 g/mol. The molecule has 17 heavy (non-hydrogen) atoms. The maximum Gasteiger partial charge on any atom is 0.360 e. The van der Waals surface area contributed by atoms with E-state index in [1.165, 1.54) is 0 Å². The maximum atomic E-state index is 12.5. The lowest BCUT2D eigenvalue weighted by molar-refractivity contribution is 0.116. The molecule has 0 saturated heterocycles. The number of hydrogen-bond acceptors (Lipinski definition) is 4. The fourth-order valence-corrected chi connectivity index (χ4v) is 3.96. The summed E-state index contributed by atoms with van der Waals surface area (Å²) in [6.45, 7) is 4.38. The second kappa shape index (κ2) is 5.38. The highest BCUT2D eigenvalue weighted by molar-refractivity contribution is 7.58. The summed E-state index contributed by atoms with van der Waals surface area (Å²) in [4.78, 5) is 0. The molecule has 2 rings (SSSR count). The van der Waals surface area contributed by atoms with Crippen molar-refractivity contribution in [2.24, 2.45) is 5.92 Å². The SMILES string of the molecule is CCOP(=O)(OCC)C1=COC2C=CCC2C1. The summed E-state index contributed by atoms with van der Waals surface area (Å²) in [5.41, 5.74) is 0. The molecule has 2 aliphatic rings. The van der Waals surface area contributed by atoms with Gasteiger partial charge < -0.3 is 13.8 Å². The topological polar surface area (TPSA) is 44.8 Å². The van der Waals surface area contributed by atoms with E-state index in [1.807, 2.05) is 13.8 Å². The lowest BCUT2D eigenvalue weighted by atomic mass is 9.99. The number of hydrogen-bond donors (Lipinski definition) is 0. The maximum absolute atomic E-state index is 12.5. The second-order valence-electron chi connectivity index (χ2n) is 4.17. The van der Waals surface area contributed by atoms with Crippen LogP contribution in [0.5, 0.6) is 0 Å². The molecule has 2 unspecified atom stereocenters. The Labute approximate surface area is 102 Å². The zero-order valence-corrected chi connectivity index (χ0v) is 11.2. The molecule has 1 aliphatic carbocycles. The molecule has 4 nitrogen and oxygen atoms in total. The lowest BCUT2D eigenvalue weighted by Crippen LogP contribution is -2.21. The fourth-order valence-electron chi connectivity index (χ4n) is 2.23. The minimum Gasteiger partial charge on any atom is -0.493 e. The van der Waals surface area contributed by atoms with Crippen molar-refractivity contribution in [2.45, 2.75) is 32.8 Å². The molecule has 0 amide bonds. The Hall–Kier alpha value is -0.570. The second-order valence-corrected chi connectivity index (χ2v) is 6.26. The Balaban J connectivity index is 2.12. The van der Waals surface area contributed by atoms with E-state index < -0.39 is 7.60 Å². The van der Waals surface area contributed by atoms with Crippen LogP contribution < -0.4 is 0 Å². The highest BCUT2D eigenvalue weighted by atomic mass is 31.2. The van der Waals surface area contributed by atoms with Gasteiger partial charge in [0, 0.05) is 5.92 Å². The van der Waals surface area contributed by atoms with Crippen LogP contribution in [-0.2, 0) is 18.3 Å². The van der Waals surface area contributed by atoms with Gasteiger partial charge in [-0.25, -0.2) is 0 Å². The van der Waals surface area contributed by atoms with E-state index in [4.69, 9.17) is 13.8 Å². The van der Waals surface area contributed by atoms with Crippen molar-refractivity contribution >= 4 is 7.60 Å². The van der Waals surface area contributed by atoms with Crippen LogP contribution >= 0.6 is 7.60 Å². The molecule has 0 aromatic rings. The predicted octanol–water partition coefficient (Wildman–Crippen LogP) is 3.46.